The lowest BCUT2D eigenvalue weighted by atomic mass is 10.0. The van der Waals surface area contributed by atoms with Crippen LogP contribution in [0.2, 0.25) is 0 Å². The first-order chi connectivity index (χ1) is 16.6. The van der Waals surface area contributed by atoms with E-state index in [1.807, 2.05) is 0 Å². The standard InChI is InChI=1S/C33H62N/c1-5-7-9-11-13-15-17-19-21-26-30-34(4,32(3)33-28-24-23-25-29-33)31-27-22-20-18-16-14-12-10-8-6-2/h23-25,28-29,32H,5-22,26-27,30-31H2,1-4H3/q+1. The zero-order valence-corrected chi connectivity index (χ0v) is 24.0. The van der Waals surface area contributed by atoms with Crippen molar-refractivity contribution in [1.82, 2.24) is 0 Å². The molecule has 1 atom stereocenters. The van der Waals surface area contributed by atoms with Gasteiger partial charge in [0.25, 0.3) is 0 Å². The van der Waals surface area contributed by atoms with Crippen LogP contribution in [0, 0.1) is 0 Å². The molecule has 0 saturated carbocycles. The monoisotopic (exact) mass is 472 g/mol. The molecular formula is C33H62N+. The maximum atomic E-state index is 2.54. The summed E-state index contributed by atoms with van der Waals surface area (Å²) in [7, 11) is 2.54. The molecule has 1 aromatic rings. The third-order valence-electron chi connectivity index (χ3n) is 8.26. The first kappa shape index (κ1) is 31.2. The Kier molecular flexibility index (Phi) is 19.7. The van der Waals surface area contributed by atoms with Gasteiger partial charge in [0.05, 0.1) is 20.1 Å². The Morgan fingerprint density at radius 2 is 0.824 bits per heavy atom. The molecule has 1 unspecified atom stereocenters. The largest absolute Gasteiger partial charge is 0.320 e. The second-order valence-electron chi connectivity index (χ2n) is 11.4. The van der Waals surface area contributed by atoms with Crippen LogP contribution in [-0.4, -0.2) is 24.6 Å². The lowest BCUT2D eigenvalue weighted by Gasteiger charge is -2.41. The van der Waals surface area contributed by atoms with Crippen molar-refractivity contribution >= 4 is 0 Å². The summed E-state index contributed by atoms with van der Waals surface area (Å²) in [5.41, 5.74) is 1.52. The molecule has 1 heteroatoms. The second kappa shape index (κ2) is 21.5. The van der Waals surface area contributed by atoms with E-state index < -0.39 is 0 Å². The van der Waals surface area contributed by atoms with Gasteiger partial charge >= 0.3 is 0 Å². The molecule has 0 aliphatic carbocycles. The minimum Gasteiger partial charge on any atom is -0.320 e. The number of unbranched alkanes of at least 4 members (excludes halogenated alkanes) is 18. The molecule has 0 aliphatic rings. The fourth-order valence-electron chi connectivity index (χ4n) is 5.51. The Hall–Kier alpha value is -0.820. The Labute approximate surface area is 215 Å². The molecule has 198 valence electrons. The molecule has 0 spiro atoms. The minimum absolute atomic E-state index is 0.596. The molecule has 0 aliphatic heterocycles. The van der Waals surface area contributed by atoms with E-state index in [0.29, 0.717) is 6.04 Å². The zero-order chi connectivity index (χ0) is 24.7. The highest BCUT2D eigenvalue weighted by molar-refractivity contribution is 5.16. The Morgan fingerprint density at radius 1 is 0.500 bits per heavy atom. The fraction of sp³-hybridized carbons (Fsp3) is 0.818. The van der Waals surface area contributed by atoms with Gasteiger partial charge in [-0.05, 0) is 32.6 Å². The van der Waals surface area contributed by atoms with Crippen molar-refractivity contribution in [1.29, 1.82) is 0 Å². The summed E-state index contributed by atoms with van der Waals surface area (Å²) in [5.74, 6) is 0. The van der Waals surface area contributed by atoms with Crippen LogP contribution in [0.1, 0.15) is 161 Å². The number of nitrogens with zero attached hydrogens (tertiary/aromatic N) is 1. The van der Waals surface area contributed by atoms with Gasteiger partial charge in [-0.3, -0.25) is 0 Å². The van der Waals surface area contributed by atoms with Crippen LogP contribution >= 0.6 is 0 Å². The molecule has 1 nitrogen and oxygen atoms in total. The topological polar surface area (TPSA) is 0 Å². The maximum absolute atomic E-state index is 2.54. The van der Waals surface area contributed by atoms with Gasteiger partial charge in [-0.25, -0.2) is 0 Å². The molecule has 0 radical (unpaired) electrons. The first-order valence-electron chi connectivity index (χ1n) is 15.5. The summed E-state index contributed by atoms with van der Waals surface area (Å²) in [6.45, 7) is 9.76. The van der Waals surface area contributed by atoms with Gasteiger partial charge < -0.3 is 4.48 Å². The predicted octanol–water partition coefficient (Wildman–Crippen LogP) is 11.0. The van der Waals surface area contributed by atoms with Crippen LogP contribution in [-0.2, 0) is 0 Å². The number of hydrogen-bond acceptors (Lipinski definition) is 0. The van der Waals surface area contributed by atoms with Gasteiger partial charge in [0, 0.05) is 5.56 Å². The minimum atomic E-state index is 0.596. The average molecular weight is 473 g/mol. The van der Waals surface area contributed by atoms with Crippen molar-refractivity contribution < 1.29 is 4.48 Å². The predicted molar refractivity (Wildman–Crippen MR) is 154 cm³/mol. The van der Waals surface area contributed by atoms with Gasteiger partial charge in [0.2, 0.25) is 0 Å². The Bertz CT molecular complexity index is 513. The number of rotatable bonds is 24. The highest BCUT2D eigenvalue weighted by Crippen LogP contribution is 2.28. The SMILES string of the molecule is CCCCCCCCCCCC[N+](C)(CCCCCCCCCCCC)C(C)c1ccccc1. The molecule has 34 heavy (non-hydrogen) atoms. The van der Waals surface area contributed by atoms with Crippen LogP contribution in [0.4, 0.5) is 0 Å². The average Bonchev–Trinajstić information content (AvgIpc) is 2.86. The number of hydrogen-bond donors (Lipinski definition) is 0. The molecule has 0 heterocycles. The van der Waals surface area contributed by atoms with Gasteiger partial charge in [-0.2, -0.15) is 0 Å². The molecule has 0 fully saturated rings. The third kappa shape index (κ3) is 15.2. The molecular weight excluding hydrogens is 410 g/mol. The van der Waals surface area contributed by atoms with Crippen molar-refractivity contribution in [3.8, 4) is 0 Å². The van der Waals surface area contributed by atoms with Gasteiger partial charge in [-0.15, -0.1) is 0 Å². The quantitative estimate of drug-likeness (QED) is 0.104. The Morgan fingerprint density at radius 3 is 1.18 bits per heavy atom. The van der Waals surface area contributed by atoms with E-state index in [0.717, 1.165) is 0 Å². The first-order valence-corrected chi connectivity index (χ1v) is 15.5. The zero-order valence-electron chi connectivity index (χ0n) is 24.0. The smallest absolute Gasteiger partial charge is 0.112 e. The maximum Gasteiger partial charge on any atom is 0.112 e. The molecule has 0 amide bonds. The number of quaternary nitrogens is 1. The molecule has 0 bridgehead atoms. The van der Waals surface area contributed by atoms with E-state index in [1.165, 1.54) is 152 Å². The summed E-state index contributed by atoms with van der Waals surface area (Å²) in [4.78, 5) is 0. The summed E-state index contributed by atoms with van der Waals surface area (Å²) in [6.07, 6.45) is 28.6. The van der Waals surface area contributed by atoms with Gasteiger partial charge in [0.1, 0.15) is 6.04 Å². The molecule has 0 saturated heterocycles. The van der Waals surface area contributed by atoms with E-state index in [9.17, 15) is 0 Å². The fourth-order valence-corrected chi connectivity index (χ4v) is 5.51. The lowest BCUT2D eigenvalue weighted by molar-refractivity contribution is -0.938. The van der Waals surface area contributed by atoms with E-state index in [2.05, 4.69) is 58.2 Å². The summed E-state index contributed by atoms with van der Waals surface area (Å²) in [6, 6.07) is 11.9. The van der Waals surface area contributed by atoms with Crippen molar-refractivity contribution in [2.45, 2.75) is 155 Å². The highest BCUT2D eigenvalue weighted by Gasteiger charge is 2.29. The summed E-state index contributed by atoms with van der Waals surface area (Å²) < 4.78 is 1.22. The summed E-state index contributed by atoms with van der Waals surface area (Å²) in [5, 5.41) is 0. The van der Waals surface area contributed by atoms with E-state index in [-0.39, 0.29) is 0 Å². The van der Waals surface area contributed by atoms with Crippen LogP contribution in [0.25, 0.3) is 0 Å². The third-order valence-corrected chi connectivity index (χ3v) is 8.26. The van der Waals surface area contributed by atoms with Crippen LogP contribution in [0.15, 0.2) is 30.3 Å². The van der Waals surface area contributed by atoms with E-state index in [4.69, 9.17) is 0 Å². The van der Waals surface area contributed by atoms with Crippen molar-refractivity contribution in [2.75, 3.05) is 20.1 Å². The lowest BCUT2D eigenvalue weighted by Crippen LogP contribution is -2.47. The van der Waals surface area contributed by atoms with Crippen molar-refractivity contribution in [3.05, 3.63) is 35.9 Å². The molecule has 0 aromatic heterocycles. The normalized spacial score (nSPS) is 12.8. The van der Waals surface area contributed by atoms with Gasteiger partial charge in [0.15, 0.2) is 0 Å². The highest BCUT2D eigenvalue weighted by atomic mass is 15.3. The number of benzene rings is 1. The van der Waals surface area contributed by atoms with Gasteiger partial charge in [-0.1, -0.05) is 147 Å². The van der Waals surface area contributed by atoms with Crippen molar-refractivity contribution in [3.63, 3.8) is 0 Å². The second-order valence-corrected chi connectivity index (χ2v) is 11.4. The van der Waals surface area contributed by atoms with Crippen molar-refractivity contribution in [2.24, 2.45) is 0 Å². The van der Waals surface area contributed by atoms with Crippen LogP contribution < -0.4 is 0 Å². The Balaban J connectivity index is 2.32. The van der Waals surface area contributed by atoms with Crippen LogP contribution in [0.3, 0.4) is 0 Å². The molecule has 1 aromatic carbocycles. The molecule has 1 rings (SSSR count). The van der Waals surface area contributed by atoms with E-state index in [1.54, 1.807) is 0 Å². The van der Waals surface area contributed by atoms with Crippen LogP contribution in [0.5, 0.6) is 0 Å². The summed E-state index contributed by atoms with van der Waals surface area (Å²) >= 11 is 0. The van der Waals surface area contributed by atoms with E-state index >= 15 is 0 Å². The molecule has 0 N–H and O–H groups in total.